The van der Waals surface area contributed by atoms with Crippen LogP contribution in [-0.2, 0) is 21.6 Å². The number of pyridine rings is 3. The Kier molecular flexibility index (Phi) is 8.11. The van der Waals surface area contributed by atoms with Crippen molar-refractivity contribution < 1.29 is 36.7 Å². The standard InChI is InChI=1S/C25H25N6O4.CH4O3S/c1-16-10-12-27-22-20(16)31(24(33)19-7-4-11-26-21(19)30(22)18-8-9-18)25(34)35-15-29-13-5-6-17(14-29)23(32)28(2)3;1-5(2,3)4/h4-7,10-14,18H,8-9,15H2,1-3H3;1H3,(H,2,3,4)/q+1;/p-1. The van der Waals surface area contributed by atoms with Crippen LogP contribution < -0.4 is 14.4 Å². The average molecular weight is 569 g/mol. The Labute approximate surface area is 231 Å². The van der Waals surface area contributed by atoms with Gasteiger partial charge in [-0.25, -0.2) is 28.1 Å². The summed E-state index contributed by atoms with van der Waals surface area (Å²) in [4.78, 5) is 52.9. The highest BCUT2D eigenvalue weighted by atomic mass is 32.2. The Balaban J connectivity index is 0.000000681. The molecule has 0 radical (unpaired) electrons. The number of ether oxygens (including phenoxy) is 1. The lowest BCUT2D eigenvalue weighted by Gasteiger charge is -2.25. The Morgan fingerprint density at radius 1 is 1.12 bits per heavy atom. The second-order valence-electron chi connectivity index (χ2n) is 9.47. The molecule has 4 heterocycles. The van der Waals surface area contributed by atoms with Crippen LogP contribution in [0.2, 0.25) is 0 Å². The second kappa shape index (κ2) is 11.4. The van der Waals surface area contributed by atoms with Crippen LogP contribution in [0.25, 0.3) is 0 Å². The zero-order chi connectivity index (χ0) is 29.2. The number of aromatic nitrogens is 3. The van der Waals surface area contributed by atoms with Gasteiger partial charge >= 0.3 is 6.09 Å². The van der Waals surface area contributed by atoms with Gasteiger partial charge in [0.2, 0.25) is 0 Å². The van der Waals surface area contributed by atoms with E-state index >= 15 is 0 Å². The molecule has 2 aliphatic rings. The number of hydrogen-bond donors (Lipinski definition) is 0. The molecule has 1 aliphatic carbocycles. The molecule has 0 bridgehead atoms. The smallest absolute Gasteiger partial charge is 0.426 e. The topological polar surface area (TPSA) is 157 Å². The van der Waals surface area contributed by atoms with E-state index in [1.165, 1.54) is 4.90 Å². The van der Waals surface area contributed by atoms with E-state index < -0.39 is 22.1 Å². The van der Waals surface area contributed by atoms with Crippen LogP contribution in [0.5, 0.6) is 0 Å². The number of rotatable bonds is 4. The van der Waals surface area contributed by atoms with Crippen molar-refractivity contribution in [3.63, 3.8) is 0 Å². The highest BCUT2D eigenvalue weighted by Crippen LogP contribution is 2.45. The minimum Gasteiger partial charge on any atom is -0.748 e. The summed E-state index contributed by atoms with van der Waals surface area (Å²) in [7, 11) is -0.591. The van der Waals surface area contributed by atoms with Gasteiger partial charge in [0, 0.05) is 44.9 Å². The molecule has 0 N–H and O–H groups in total. The number of aryl methyl sites for hydroxylation is 1. The fraction of sp³-hybridized carbons (Fsp3) is 0.308. The number of hydrogen-bond acceptors (Lipinski definition) is 10. The summed E-state index contributed by atoms with van der Waals surface area (Å²) in [6.45, 7) is 1.64. The predicted molar refractivity (Wildman–Crippen MR) is 142 cm³/mol. The normalized spacial score (nSPS) is 14.3. The first kappa shape index (κ1) is 28.6. The molecule has 0 spiro atoms. The fourth-order valence-electron chi connectivity index (χ4n) is 4.10. The van der Waals surface area contributed by atoms with Crippen molar-refractivity contribution in [1.29, 1.82) is 0 Å². The van der Waals surface area contributed by atoms with Crippen LogP contribution in [0.1, 0.15) is 39.1 Å². The third-order valence-electron chi connectivity index (χ3n) is 5.95. The van der Waals surface area contributed by atoms with Crippen molar-refractivity contribution in [2.45, 2.75) is 32.5 Å². The molecule has 3 amide bonds. The first-order valence-electron chi connectivity index (χ1n) is 12.2. The molecule has 3 aromatic heterocycles. The largest absolute Gasteiger partial charge is 0.748 e. The number of carbonyl (C=O) groups excluding carboxylic acids is 3. The third kappa shape index (κ3) is 6.40. The summed E-state index contributed by atoms with van der Waals surface area (Å²) >= 11 is 0. The molecule has 0 unspecified atom stereocenters. The maximum absolute atomic E-state index is 13.7. The van der Waals surface area contributed by atoms with Gasteiger partial charge in [0.25, 0.3) is 18.5 Å². The molecule has 1 aliphatic heterocycles. The highest BCUT2D eigenvalue weighted by molar-refractivity contribution is 7.84. The number of amides is 3. The van der Waals surface area contributed by atoms with Crippen molar-refractivity contribution in [1.82, 2.24) is 14.9 Å². The summed E-state index contributed by atoms with van der Waals surface area (Å²) in [5.74, 6) is 0.286. The molecule has 1 fully saturated rings. The Hall–Kier alpha value is -4.43. The van der Waals surface area contributed by atoms with Gasteiger partial charge in [-0.05, 0) is 49.6 Å². The highest BCUT2D eigenvalue weighted by Gasteiger charge is 2.43. The number of fused-ring (bicyclic) bond motifs is 2. The molecule has 1 saturated carbocycles. The van der Waals surface area contributed by atoms with E-state index in [9.17, 15) is 14.4 Å². The van der Waals surface area contributed by atoms with Crippen LogP contribution >= 0.6 is 0 Å². The van der Waals surface area contributed by atoms with Crippen molar-refractivity contribution in [2.24, 2.45) is 0 Å². The fourth-order valence-corrected chi connectivity index (χ4v) is 4.10. The maximum Gasteiger partial charge on any atom is 0.426 e. The molecule has 0 atom stereocenters. The summed E-state index contributed by atoms with van der Waals surface area (Å²) < 4.78 is 34.4. The minimum atomic E-state index is -3.92. The summed E-state index contributed by atoms with van der Waals surface area (Å²) in [5, 5.41) is 0. The van der Waals surface area contributed by atoms with E-state index in [2.05, 4.69) is 9.97 Å². The quantitative estimate of drug-likeness (QED) is 0.337. The number of nitrogens with zero attached hydrogens (tertiary/aromatic N) is 6. The third-order valence-corrected chi connectivity index (χ3v) is 5.95. The van der Waals surface area contributed by atoms with Crippen LogP contribution in [0.15, 0.2) is 55.1 Å². The lowest BCUT2D eigenvalue weighted by molar-refractivity contribution is -0.727. The Morgan fingerprint density at radius 3 is 2.45 bits per heavy atom. The van der Waals surface area contributed by atoms with Gasteiger partial charge in [-0.15, -0.1) is 0 Å². The molecule has 3 aromatic rings. The molecule has 0 aromatic carbocycles. The van der Waals surface area contributed by atoms with Gasteiger partial charge < -0.3 is 19.1 Å². The second-order valence-corrected chi connectivity index (χ2v) is 10.9. The monoisotopic (exact) mass is 568 g/mol. The number of imide groups is 1. The maximum atomic E-state index is 13.7. The first-order valence-corrected chi connectivity index (χ1v) is 14.0. The van der Waals surface area contributed by atoms with Crippen LogP contribution in [0.3, 0.4) is 0 Å². The van der Waals surface area contributed by atoms with Crippen LogP contribution in [-0.4, -0.2) is 72.1 Å². The van der Waals surface area contributed by atoms with E-state index in [0.717, 1.165) is 17.7 Å². The van der Waals surface area contributed by atoms with Crippen molar-refractivity contribution in [2.75, 3.05) is 30.2 Å². The van der Waals surface area contributed by atoms with Gasteiger partial charge in [-0.2, -0.15) is 4.57 Å². The lowest BCUT2D eigenvalue weighted by Crippen LogP contribution is -2.42. The van der Waals surface area contributed by atoms with E-state index in [0.29, 0.717) is 40.3 Å². The lowest BCUT2D eigenvalue weighted by atomic mass is 10.2. The molecular formula is C26H28N6O7S. The van der Waals surface area contributed by atoms with Crippen molar-refractivity contribution in [3.8, 4) is 0 Å². The molecule has 0 saturated heterocycles. The molecule has 5 rings (SSSR count). The van der Waals surface area contributed by atoms with Crippen molar-refractivity contribution >= 4 is 45.3 Å². The zero-order valence-corrected chi connectivity index (χ0v) is 23.2. The van der Waals surface area contributed by atoms with Crippen LogP contribution in [0, 0.1) is 6.92 Å². The molecule has 210 valence electrons. The van der Waals surface area contributed by atoms with Gasteiger partial charge in [0.1, 0.15) is 17.1 Å². The Bertz CT molecular complexity index is 1570. The van der Waals surface area contributed by atoms with Gasteiger partial charge in [0.15, 0.2) is 18.2 Å². The number of carbonyl (C=O) groups is 3. The Morgan fingerprint density at radius 2 is 1.80 bits per heavy atom. The summed E-state index contributed by atoms with van der Waals surface area (Å²) in [6.07, 6.45) is 8.22. The molecule has 13 nitrogen and oxygen atoms in total. The molecule has 14 heteroatoms. The number of anilines is 3. The first-order chi connectivity index (χ1) is 18.9. The van der Waals surface area contributed by atoms with E-state index in [4.69, 9.17) is 17.7 Å². The van der Waals surface area contributed by atoms with E-state index in [-0.39, 0.29) is 18.7 Å². The minimum absolute atomic E-state index is 0.160. The predicted octanol–water partition coefficient (Wildman–Crippen LogP) is 1.99. The summed E-state index contributed by atoms with van der Waals surface area (Å²) in [5.41, 5.74) is 1.85. The SMILES string of the molecule is CS(=O)(=O)[O-].Cc1ccnc2c1N(C(=O)OC[n+]1cccc(C(=O)N(C)C)c1)C(=O)c1cccnc1N2C1CC1. The van der Waals surface area contributed by atoms with Gasteiger partial charge in [0.05, 0.1) is 15.7 Å². The zero-order valence-electron chi connectivity index (χ0n) is 22.3. The average Bonchev–Trinajstić information content (AvgIpc) is 3.73. The summed E-state index contributed by atoms with van der Waals surface area (Å²) in [6, 6.07) is 8.62. The van der Waals surface area contributed by atoms with E-state index in [1.807, 2.05) is 11.8 Å². The van der Waals surface area contributed by atoms with Gasteiger partial charge in [-0.1, -0.05) is 0 Å². The molecule has 40 heavy (non-hydrogen) atoms. The van der Waals surface area contributed by atoms with Crippen LogP contribution in [0.4, 0.5) is 22.1 Å². The molecular weight excluding hydrogens is 540 g/mol. The van der Waals surface area contributed by atoms with Gasteiger partial charge in [-0.3, -0.25) is 9.59 Å². The van der Waals surface area contributed by atoms with Crippen molar-refractivity contribution in [3.05, 3.63) is 71.8 Å². The van der Waals surface area contributed by atoms with E-state index in [1.54, 1.807) is 73.8 Å².